The first kappa shape index (κ1) is 26.7. The number of amides is 4. The molecule has 9 heteroatoms. The average molecular weight is 466 g/mol. The largest absolute Gasteiger partial charge is 0.459 e. The lowest BCUT2D eigenvalue weighted by atomic mass is 9.62. The number of alkyl carbamates (subject to hydrolysis) is 1. The summed E-state index contributed by atoms with van der Waals surface area (Å²) in [5.41, 5.74) is -0.0153. The van der Waals surface area contributed by atoms with Crippen LogP contribution in [0.3, 0.4) is 0 Å². The zero-order valence-corrected chi connectivity index (χ0v) is 20.5. The van der Waals surface area contributed by atoms with Crippen molar-refractivity contribution in [3.8, 4) is 0 Å². The van der Waals surface area contributed by atoms with Crippen molar-refractivity contribution in [3.05, 3.63) is 12.2 Å². The molecule has 1 heterocycles. The number of nitrogens with zero attached hydrogens (tertiary/aromatic N) is 1. The molecule has 33 heavy (non-hydrogen) atoms. The molecule has 0 aromatic rings. The van der Waals surface area contributed by atoms with E-state index in [1.165, 1.54) is 4.90 Å². The van der Waals surface area contributed by atoms with Gasteiger partial charge in [0.1, 0.15) is 13.2 Å². The summed E-state index contributed by atoms with van der Waals surface area (Å²) in [6.45, 7) is 12.2. The number of ether oxygens (including phenoxy) is 2. The summed E-state index contributed by atoms with van der Waals surface area (Å²) >= 11 is 0. The number of rotatable bonds is 7. The molecule has 2 rings (SSSR count). The molecule has 0 bridgehead atoms. The van der Waals surface area contributed by atoms with Gasteiger partial charge >= 0.3 is 18.1 Å². The Kier molecular flexibility index (Phi) is 9.31. The van der Waals surface area contributed by atoms with Gasteiger partial charge in [-0.25, -0.2) is 14.4 Å². The molecule has 1 aliphatic heterocycles. The summed E-state index contributed by atoms with van der Waals surface area (Å²) in [7, 11) is 0. The minimum atomic E-state index is -0.582. The quantitative estimate of drug-likeness (QED) is 0.338. The van der Waals surface area contributed by atoms with Crippen molar-refractivity contribution in [1.29, 1.82) is 0 Å². The molecule has 0 radical (unpaired) electrons. The van der Waals surface area contributed by atoms with Crippen molar-refractivity contribution in [2.24, 2.45) is 10.8 Å². The summed E-state index contributed by atoms with van der Waals surface area (Å²) in [6, 6.07) is -0.412. The second-order valence-electron chi connectivity index (χ2n) is 10.5. The topological polar surface area (TPSA) is 114 Å². The molecule has 186 valence electrons. The molecule has 0 aromatic heterocycles. The third-order valence-corrected chi connectivity index (χ3v) is 6.15. The zero-order chi connectivity index (χ0) is 24.6. The summed E-state index contributed by atoms with van der Waals surface area (Å²) in [6.07, 6.45) is 4.81. The highest BCUT2D eigenvalue weighted by atomic mass is 16.6. The lowest BCUT2D eigenvalue weighted by molar-refractivity contribution is -0.140. The number of esters is 1. The summed E-state index contributed by atoms with van der Waals surface area (Å²) in [5, 5.41) is 5.87. The first-order valence-electron chi connectivity index (χ1n) is 11.7. The molecule has 2 fully saturated rings. The van der Waals surface area contributed by atoms with E-state index >= 15 is 0 Å². The molecule has 2 unspecified atom stereocenters. The monoisotopic (exact) mass is 465 g/mol. The van der Waals surface area contributed by atoms with Crippen molar-refractivity contribution in [1.82, 2.24) is 15.5 Å². The maximum atomic E-state index is 12.8. The van der Waals surface area contributed by atoms with Crippen LogP contribution in [0.25, 0.3) is 0 Å². The van der Waals surface area contributed by atoms with Gasteiger partial charge in [0.25, 0.3) is 0 Å². The highest BCUT2D eigenvalue weighted by Crippen LogP contribution is 2.45. The Morgan fingerprint density at radius 3 is 2.48 bits per heavy atom. The summed E-state index contributed by atoms with van der Waals surface area (Å²) in [5.74, 6) is -0.632. The van der Waals surface area contributed by atoms with Gasteiger partial charge in [0.2, 0.25) is 5.91 Å². The molecule has 2 N–H and O–H groups in total. The smallest absolute Gasteiger partial charge is 0.407 e. The van der Waals surface area contributed by atoms with Gasteiger partial charge < -0.3 is 20.1 Å². The van der Waals surface area contributed by atoms with Gasteiger partial charge in [0.05, 0.1) is 0 Å². The fourth-order valence-electron chi connectivity index (χ4n) is 5.05. The number of likely N-dealkylation sites (tertiary alicyclic amines) is 1. The van der Waals surface area contributed by atoms with Gasteiger partial charge in [-0.2, -0.15) is 0 Å². The van der Waals surface area contributed by atoms with Crippen LogP contribution in [0.4, 0.5) is 9.59 Å². The second kappa shape index (κ2) is 11.5. The van der Waals surface area contributed by atoms with Gasteiger partial charge in [-0.15, -0.1) is 0 Å². The number of nitrogens with one attached hydrogen (secondary N) is 2. The Morgan fingerprint density at radius 2 is 1.79 bits per heavy atom. The molecule has 0 spiro atoms. The van der Waals surface area contributed by atoms with Crippen LogP contribution in [0.2, 0.25) is 0 Å². The van der Waals surface area contributed by atoms with E-state index in [-0.39, 0.29) is 47.6 Å². The van der Waals surface area contributed by atoms with Crippen LogP contribution in [-0.4, -0.2) is 61.2 Å². The zero-order valence-electron chi connectivity index (χ0n) is 20.5. The van der Waals surface area contributed by atoms with E-state index < -0.39 is 12.1 Å². The van der Waals surface area contributed by atoms with Gasteiger partial charge in [0.15, 0.2) is 0 Å². The number of hydrogen-bond acceptors (Lipinski definition) is 6. The number of imide groups is 1. The standard InChI is InChI=1S/C24H39N3O6/c1-17(2)20(29)32-11-12-33-22(31)25-16-24(5)14-18(13-23(3,4)15-24)26-21(30)27-10-8-6-7-9-19(27)28/h18H,1,6-16H2,2-5H3,(H,25,31)(H,26,30). The molecule has 1 saturated heterocycles. The van der Waals surface area contributed by atoms with E-state index in [0.717, 1.165) is 32.1 Å². The third-order valence-electron chi connectivity index (χ3n) is 6.15. The molecule has 0 aromatic carbocycles. The summed E-state index contributed by atoms with van der Waals surface area (Å²) < 4.78 is 9.98. The Morgan fingerprint density at radius 1 is 1.09 bits per heavy atom. The highest BCUT2D eigenvalue weighted by molar-refractivity contribution is 5.94. The molecular formula is C24H39N3O6. The number of hydrogen-bond donors (Lipinski definition) is 2. The Hall–Kier alpha value is -2.58. The number of carbonyl (C=O) groups is 4. The predicted octanol–water partition coefficient (Wildman–Crippen LogP) is 3.53. The Balaban J connectivity index is 1.86. The maximum Gasteiger partial charge on any atom is 0.407 e. The SMILES string of the molecule is C=C(C)C(=O)OCCOC(=O)NCC1(C)CC(NC(=O)N2CCCCCC2=O)CC(C)(C)C1. The minimum absolute atomic E-state index is 0.0350. The Bertz CT molecular complexity index is 765. The average Bonchev–Trinajstić information content (AvgIpc) is 2.92. The molecule has 4 amide bonds. The highest BCUT2D eigenvalue weighted by Gasteiger charge is 2.42. The molecular weight excluding hydrogens is 426 g/mol. The van der Waals surface area contributed by atoms with Crippen LogP contribution in [0.5, 0.6) is 0 Å². The normalized spacial score (nSPS) is 24.9. The minimum Gasteiger partial charge on any atom is -0.459 e. The van der Waals surface area contributed by atoms with Gasteiger partial charge in [0, 0.05) is 31.1 Å². The van der Waals surface area contributed by atoms with Gasteiger partial charge in [-0.05, 0) is 49.9 Å². The van der Waals surface area contributed by atoms with E-state index in [9.17, 15) is 19.2 Å². The maximum absolute atomic E-state index is 12.8. The van der Waals surface area contributed by atoms with Crippen molar-refractivity contribution < 1.29 is 28.7 Å². The van der Waals surface area contributed by atoms with Crippen LogP contribution < -0.4 is 10.6 Å². The van der Waals surface area contributed by atoms with Crippen LogP contribution >= 0.6 is 0 Å². The van der Waals surface area contributed by atoms with E-state index in [1.54, 1.807) is 6.92 Å². The van der Waals surface area contributed by atoms with Crippen molar-refractivity contribution in [2.45, 2.75) is 78.7 Å². The molecule has 9 nitrogen and oxygen atoms in total. The fourth-order valence-corrected chi connectivity index (χ4v) is 5.05. The molecule has 2 atom stereocenters. The first-order chi connectivity index (χ1) is 15.4. The molecule has 1 saturated carbocycles. The molecule has 2 aliphatic rings. The molecule has 1 aliphatic carbocycles. The number of urea groups is 1. The van der Waals surface area contributed by atoms with Crippen LogP contribution in [0.1, 0.15) is 72.6 Å². The van der Waals surface area contributed by atoms with E-state index in [0.29, 0.717) is 25.9 Å². The lowest BCUT2D eigenvalue weighted by Gasteiger charge is -2.47. The van der Waals surface area contributed by atoms with Crippen molar-refractivity contribution in [3.63, 3.8) is 0 Å². The first-order valence-corrected chi connectivity index (χ1v) is 11.7. The fraction of sp³-hybridized carbons (Fsp3) is 0.750. The third kappa shape index (κ3) is 8.70. The second-order valence-corrected chi connectivity index (χ2v) is 10.5. The number of carbonyl (C=O) groups excluding carboxylic acids is 4. The van der Waals surface area contributed by atoms with Crippen LogP contribution in [0.15, 0.2) is 12.2 Å². The van der Waals surface area contributed by atoms with E-state index in [1.807, 2.05) is 0 Å². The Labute approximate surface area is 196 Å². The van der Waals surface area contributed by atoms with Crippen LogP contribution in [-0.2, 0) is 19.1 Å². The van der Waals surface area contributed by atoms with E-state index in [2.05, 4.69) is 38.0 Å². The van der Waals surface area contributed by atoms with E-state index in [4.69, 9.17) is 9.47 Å². The van der Waals surface area contributed by atoms with Crippen LogP contribution in [0, 0.1) is 10.8 Å². The lowest BCUT2D eigenvalue weighted by Crippen LogP contribution is -2.53. The van der Waals surface area contributed by atoms with Gasteiger partial charge in [-0.3, -0.25) is 9.69 Å². The van der Waals surface area contributed by atoms with Crippen molar-refractivity contribution in [2.75, 3.05) is 26.3 Å². The predicted molar refractivity (Wildman–Crippen MR) is 123 cm³/mol. The van der Waals surface area contributed by atoms with Gasteiger partial charge in [-0.1, -0.05) is 33.8 Å². The van der Waals surface area contributed by atoms with Crippen molar-refractivity contribution >= 4 is 24.0 Å². The summed E-state index contributed by atoms with van der Waals surface area (Å²) in [4.78, 5) is 49.9.